The van der Waals surface area contributed by atoms with Crippen LogP contribution in [-0.4, -0.2) is 79.2 Å². The van der Waals surface area contributed by atoms with E-state index in [1.807, 2.05) is 6.07 Å². The Morgan fingerprint density at radius 2 is 1.82 bits per heavy atom. The molecule has 2 saturated heterocycles. The number of nitrogens with one attached hydrogen (secondary N) is 1. The van der Waals surface area contributed by atoms with Crippen molar-refractivity contribution >= 4 is 21.7 Å². The molecule has 0 unspecified atom stereocenters. The summed E-state index contributed by atoms with van der Waals surface area (Å²) in [7, 11) is -3.55. The molecule has 0 bridgehead atoms. The van der Waals surface area contributed by atoms with Gasteiger partial charge in [-0.2, -0.15) is 9.40 Å². The Kier molecular flexibility index (Phi) is 5.25. The maximum absolute atomic E-state index is 12.6. The van der Waals surface area contributed by atoms with Gasteiger partial charge in [0.2, 0.25) is 10.0 Å². The van der Waals surface area contributed by atoms with Crippen LogP contribution < -0.4 is 5.32 Å². The number of sulfonamides is 1. The highest BCUT2D eigenvalue weighted by Crippen LogP contribution is 2.20. The Balaban J connectivity index is 1.36. The van der Waals surface area contributed by atoms with Crippen LogP contribution in [0.15, 0.2) is 47.5 Å². The van der Waals surface area contributed by atoms with Gasteiger partial charge in [0.25, 0.3) is 5.91 Å². The topological polar surface area (TPSA) is 105 Å². The van der Waals surface area contributed by atoms with Gasteiger partial charge in [0, 0.05) is 37.9 Å². The Hall–Kier alpha value is -2.56. The van der Waals surface area contributed by atoms with Gasteiger partial charge in [0.15, 0.2) is 0 Å². The third-order valence-corrected chi connectivity index (χ3v) is 6.72. The minimum absolute atomic E-state index is 0.118. The Bertz CT molecular complexity index is 924. The second-order valence-electron chi connectivity index (χ2n) is 6.70. The minimum atomic E-state index is -3.55. The normalized spacial score (nSPS) is 18.5. The van der Waals surface area contributed by atoms with Crippen LogP contribution in [0.3, 0.4) is 0 Å². The number of rotatable bonds is 5. The largest absolute Gasteiger partial charge is 0.379 e. The lowest BCUT2D eigenvalue weighted by Gasteiger charge is -2.39. The third kappa shape index (κ3) is 3.84. The molecule has 0 radical (unpaired) electrons. The summed E-state index contributed by atoms with van der Waals surface area (Å²) in [6, 6.07) is 9.87. The van der Waals surface area contributed by atoms with Crippen molar-refractivity contribution in [2.75, 3.05) is 44.7 Å². The summed E-state index contributed by atoms with van der Waals surface area (Å²) >= 11 is 0. The zero-order chi connectivity index (χ0) is 19.6. The molecular weight excluding hydrogens is 382 g/mol. The van der Waals surface area contributed by atoms with Crippen molar-refractivity contribution in [2.45, 2.75) is 10.9 Å². The van der Waals surface area contributed by atoms with Crippen LogP contribution in [0.5, 0.6) is 0 Å². The molecule has 2 aromatic rings. The van der Waals surface area contributed by atoms with E-state index in [1.54, 1.807) is 29.3 Å². The zero-order valence-corrected chi connectivity index (χ0v) is 16.0. The van der Waals surface area contributed by atoms with Gasteiger partial charge >= 0.3 is 0 Å². The number of morpholine rings is 1. The number of carbonyl (C=O) groups is 1. The standard InChI is InChI=1S/C18H21N5O4S/c24-18(22-12-15(13-22)20-17-2-1-7-19-21-17)14-3-5-16(6-4-14)28(25,26)23-8-10-27-11-9-23/h1-7,15H,8-13H2,(H,20,21). The van der Waals surface area contributed by atoms with Crippen LogP contribution in [-0.2, 0) is 14.8 Å². The van der Waals surface area contributed by atoms with Crippen molar-refractivity contribution in [2.24, 2.45) is 0 Å². The predicted octanol–water partition coefficient (Wildman–Crippen LogP) is 0.434. The van der Waals surface area contributed by atoms with Crippen molar-refractivity contribution in [1.29, 1.82) is 0 Å². The fourth-order valence-electron chi connectivity index (χ4n) is 3.21. The van der Waals surface area contributed by atoms with Crippen molar-refractivity contribution in [1.82, 2.24) is 19.4 Å². The monoisotopic (exact) mass is 403 g/mol. The predicted molar refractivity (Wildman–Crippen MR) is 101 cm³/mol. The van der Waals surface area contributed by atoms with Gasteiger partial charge in [0.1, 0.15) is 5.82 Å². The van der Waals surface area contributed by atoms with Crippen molar-refractivity contribution < 1.29 is 17.9 Å². The smallest absolute Gasteiger partial charge is 0.253 e. The average Bonchev–Trinajstić information content (AvgIpc) is 2.71. The van der Waals surface area contributed by atoms with Gasteiger partial charge in [0.05, 0.1) is 24.2 Å². The first kappa shape index (κ1) is 18.8. The summed E-state index contributed by atoms with van der Waals surface area (Å²) < 4.78 is 31.9. The highest BCUT2D eigenvalue weighted by Gasteiger charge is 2.32. The first-order valence-corrected chi connectivity index (χ1v) is 10.5. The summed E-state index contributed by atoms with van der Waals surface area (Å²) in [5.41, 5.74) is 0.471. The maximum Gasteiger partial charge on any atom is 0.253 e. The molecule has 1 aromatic carbocycles. The molecule has 1 amide bonds. The van der Waals surface area contributed by atoms with Gasteiger partial charge in [-0.1, -0.05) is 0 Å². The molecule has 10 heteroatoms. The van der Waals surface area contributed by atoms with Crippen LogP contribution in [0.4, 0.5) is 5.82 Å². The lowest BCUT2D eigenvalue weighted by Crippen LogP contribution is -2.57. The van der Waals surface area contributed by atoms with Gasteiger partial charge in [-0.05, 0) is 36.4 Å². The number of ether oxygens (including phenoxy) is 1. The molecule has 9 nitrogen and oxygen atoms in total. The van der Waals surface area contributed by atoms with E-state index in [1.165, 1.54) is 16.4 Å². The van der Waals surface area contributed by atoms with E-state index in [4.69, 9.17) is 4.74 Å². The third-order valence-electron chi connectivity index (χ3n) is 4.80. The molecule has 3 heterocycles. The second-order valence-corrected chi connectivity index (χ2v) is 8.64. The van der Waals surface area contributed by atoms with E-state index in [-0.39, 0.29) is 16.8 Å². The molecule has 28 heavy (non-hydrogen) atoms. The number of carbonyl (C=O) groups excluding carboxylic acids is 1. The zero-order valence-electron chi connectivity index (χ0n) is 15.2. The minimum Gasteiger partial charge on any atom is -0.379 e. The van der Waals surface area contributed by atoms with Gasteiger partial charge in [-0.15, -0.1) is 5.10 Å². The first-order chi connectivity index (χ1) is 13.5. The summed E-state index contributed by atoms with van der Waals surface area (Å²) in [5.74, 6) is 0.560. The molecule has 0 aliphatic carbocycles. The summed E-state index contributed by atoms with van der Waals surface area (Å²) in [6.45, 7) is 2.60. The van der Waals surface area contributed by atoms with E-state index in [2.05, 4.69) is 15.5 Å². The van der Waals surface area contributed by atoms with Gasteiger partial charge in [-0.3, -0.25) is 4.79 Å². The summed E-state index contributed by atoms with van der Waals surface area (Å²) in [6.07, 6.45) is 1.60. The number of nitrogens with zero attached hydrogens (tertiary/aromatic N) is 4. The van der Waals surface area contributed by atoms with Crippen LogP contribution in [0.25, 0.3) is 0 Å². The summed E-state index contributed by atoms with van der Waals surface area (Å²) in [4.78, 5) is 14.5. The molecule has 0 atom stereocenters. The number of amides is 1. The molecule has 1 N–H and O–H groups in total. The van der Waals surface area contributed by atoms with Crippen molar-refractivity contribution in [3.05, 3.63) is 48.2 Å². The Morgan fingerprint density at radius 1 is 1.11 bits per heavy atom. The molecule has 2 aliphatic rings. The second kappa shape index (κ2) is 7.82. The van der Waals surface area contributed by atoms with Crippen molar-refractivity contribution in [3.63, 3.8) is 0 Å². The maximum atomic E-state index is 12.6. The molecule has 2 aliphatic heterocycles. The van der Waals surface area contributed by atoms with E-state index in [0.717, 1.165) is 0 Å². The number of hydrogen-bond acceptors (Lipinski definition) is 7. The molecule has 0 saturated carbocycles. The average molecular weight is 403 g/mol. The number of hydrogen-bond donors (Lipinski definition) is 1. The summed E-state index contributed by atoms with van der Waals surface area (Å²) in [5, 5.41) is 11.0. The SMILES string of the molecule is O=C(c1ccc(S(=O)(=O)N2CCOCC2)cc1)N1CC(Nc2cccnn2)C1. The van der Waals surface area contributed by atoms with E-state index in [9.17, 15) is 13.2 Å². The molecule has 4 rings (SSSR count). The number of benzene rings is 1. The van der Waals surface area contributed by atoms with Crippen molar-refractivity contribution in [3.8, 4) is 0 Å². The number of likely N-dealkylation sites (tertiary alicyclic amines) is 1. The molecule has 148 valence electrons. The highest BCUT2D eigenvalue weighted by atomic mass is 32.2. The van der Waals surface area contributed by atoms with Gasteiger partial charge in [-0.25, -0.2) is 8.42 Å². The van der Waals surface area contributed by atoms with E-state index >= 15 is 0 Å². The van der Waals surface area contributed by atoms with Gasteiger partial charge < -0.3 is 15.0 Å². The fraction of sp³-hybridized carbons (Fsp3) is 0.389. The van der Waals surface area contributed by atoms with Crippen LogP contribution in [0.1, 0.15) is 10.4 Å². The lowest BCUT2D eigenvalue weighted by atomic mass is 10.1. The van der Waals surface area contributed by atoms with E-state index < -0.39 is 10.0 Å². The van der Waals surface area contributed by atoms with Crippen LogP contribution in [0.2, 0.25) is 0 Å². The molecule has 0 spiro atoms. The van der Waals surface area contributed by atoms with Crippen LogP contribution >= 0.6 is 0 Å². The fourth-order valence-corrected chi connectivity index (χ4v) is 4.62. The number of aromatic nitrogens is 2. The molecule has 2 fully saturated rings. The highest BCUT2D eigenvalue weighted by molar-refractivity contribution is 7.89. The Morgan fingerprint density at radius 3 is 2.46 bits per heavy atom. The van der Waals surface area contributed by atoms with E-state index in [0.29, 0.717) is 50.8 Å². The molecular formula is C18H21N5O4S. The quantitative estimate of drug-likeness (QED) is 0.772. The number of anilines is 1. The Labute approximate surface area is 163 Å². The lowest BCUT2D eigenvalue weighted by molar-refractivity contribution is 0.0625. The van der Waals surface area contributed by atoms with Crippen LogP contribution in [0, 0.1) is 0 Å². The molecule has 1 aromatic heterocycles. The first-order valence-electron chi connectivity index (χ1n) is 9.05.